The largest absolute Gasteiger partial charge is 0.508 e. The molecule has 21 N–H and O–H groups in total. The molecule has 0 saturated carbocycles. The number of phenolic OH excluding ortho intramolecular Hbond substituents is 3. The minimum atomic E-state index is -2.38. The molecule has 2 saturated heterocycles. The predicted molar refractivity (Wildman–Crippen MR) is 426 cm³/mol. The average Bonchev–Trinajstić information content (AvgIpc) is 1.58. The molecule has 7 aromatic rings. The van der Waals surface area contributed by atoms with Gasteiger partial charge in [-0.2, -0.15) is 0 Å². The number of aliphatic hydroxyl groups excluding tert-OH is 6. The maximum atomic E-state index is 16.2. The maximum absolute atomic E-state index is 16.2. The van der Waals surface area contributed by atoms with Crippen LogP contribution in [0.5, 0.6) is 46.0 Å². The molecule has 11 bridgehead atoms. The molecule has 121 heavy (non-hydrogen) atoms. The number of aromatic hydroxyl groups is 3. The van der Waals surface area contributed by atoms with Crippen LogP contribution in [0.3, 0.4) is 0 Å². The predicted octanol–water partition coefficient (Wildman–Crippen LogP) is 3.28. The minimum absolute atomic E-state index is 0.0195. The van der Waals surface area contributed by atoms with Crippen molar-refractivity contribution in [3.8, 4) is 68.2 Å². The van der Waals surface area contributed by atoms with Gasteiger partial charge in [-0.1, -0.05) is 104 Å². The third kappa shape index (κ3) is 18.6. The molecule has 0 unspecified atom stereocenters. The number of alkyl carbamates (subject to hydrolysis) is 1. The van der Waals surface area contributed by atoms with E-state index >= 15 is 14.4 Å². The van der Waals surface area contributed by atoms with Gasteiger partial charge in [-0.05, 0) is 132 Å². The monoisotopic (exact) mass is 1710 g/mol. The third-order valence-electron chi connectivity index (χ3n) is 22.0. The number of nitrogens with two attached hydrogens (primary N) is 1. The smallest absolute Gasteiger partial charge is 0.407 e. The zero-order valence-corrected chi connectivity index (χ0v) is 66.9. The summed E-state index contributed by atoms with van der Waals surface area (Å²) in [7, 11) is 1.47. The van der Waals surface area contributed by atoms with Crippen molar-refractivity contribution in [2.45, 2.75) is 162 Å². The number of halogens is 2. The molecule has 7 heterocycles. The number of fused-ring (bicyclic) bond motifs is 18. The summed E-state index contributed by atoms with van der Waals surface area (Å²) >= 11 is 14.3. The highest BCUT2D eigenvalue weighted by Gasteiger charge is 2.52. The summed E-state index contributed by atoms with van der Waals surface area (Å²) in [4.78, 5) is 131. The van der Waals surface area contributed by atoms with Gasteiger partial charge in [0.15, 0.2) is 29.9 Å². The summed E-state index contributed by atoms with van der Waals surface area (Å²) in [6.45, 7) is 5.82. The number of carboxylic acid groups (broad SMARTS) is 1. The molecule has 1 aliphatic carbocycles. The van der Waals surface area contributed by atoms with Crippen molar-refractivity contribution in [2.75, 3.05) is 33.4 Å². The SMILES string of the molecule is CN[C@H](CC(C)C)C(=O)N[C@H]1C(=O)N[C@@H](CC(N)=O)C(=O)N[C@H]2C(=O)N[C@H]3C(=O)N[C@H](C(=O)N[C@H](C(=O)O)c4cc(O)cc(O)c4-c4cc3ccc4O)[C@H](O)c3ccc(c(Cl)c3)Oc3cc2cc(c3O[C@@H]2O[C@H](CO)[C@@H](O)[C@H](O)[C@H]2O[C@H]2C[C@](C)(NCCNC(=O)OCC3c4ccccc4-c4ccccc43)[C@H](O)[C@H](C)O2)Oc2ccc(cc2Cl)[C@H]1O. The van der Waals surface area contributed by atoms with Gasteiger partial charge in [0.1, 0.15) is 96.1 Å². The van der Waals surface area contributed by atoms with Gasteiger partial charge in [0.05, 0.1) is 41.3 Å². The molecule has 0 aromatic heterocycles. The molecule has 7 aromatic carbocycles. The zero-order chi connectivity index (χ0) is 86.9. The molecule has 0 spiro atoms. The van der Waals surface area contributed by atoms with Crippen LogP contribution < -0.4 is 67.8 Å². The van der Waals surface area contributed by atoms with Crippen LogP contribution in [0.4, 0.5) is 4.79 Å². The molecule has 642 valence electrons. The number of primary amides is 1. The van der Waals surface area contributed by atoms with Crippen LogP contribution in [0, 0.1) is 5.92 Å². The molecule has 8 amide bonds. The lowest BCUT2D eigenvalue weighted by Gasteiger charge is -2.48. The van der Waals surface area contributed by atoms with E-state index in [2.05, 4.69) is 47.9 Å². The number of nitrogens with one attached hydrogen (secondary N) is 9. The summed E-state index contributed by atoms with van der Waals surface area (Å²) in [5.41, 5.74) is 5.60. The Morgan fingerprint density at radius 2 is 1.26 bits per heavy atom. The van der Waals surface area contributed by atoms with E-state index in [4.69, 9.17) is 62.1 Å². The van der Waals surface area contributed by atoms with Crippen LogP contribution >= 0.6 is 23.2 Å². The molecular weight excluding hydrogens is 1620 g/mol. The number of rotatable bonds is 19. The number of carbonyl (C=O) groups is 9. The first-order valence-electron chi connectivity index (χ1n) is 38.6. The number of aliphatic hydroxyl groups is 6. The fourth-order valence-electron chi connectivity index (χ4n) is 15.8. The minimum Gasteiger partial charge on any atom is -0.508 e. The van der Waals surface area contributed by atoms with Crippen LogP contribution in [0.15, 0.2) is 127 Å². The van der Waals surface area contributed by atoms with Crippen molar-refractivity contribution in [3.05, 3.63) is 176 Å². The third-order valence-corrected chi connectivity index (χ3v) is 22.6. The second-order valence-corrected chi connectivity index (χ2v) is 31.6. The second-order valence-electron chi connectivity index (χ2n) is 30.8. The summed E-state index contributed by atoms with van der Waals surface area (Å²) in [6.07, 6.45) is -19.9. The van der Waals surface area contributed by atoms with E-state index in [9.17, 15) is 79.8 Å². The summed E-state index contributed by atoms with van der Waals surface area (Å²) < 4.78 is 45.1. The number of carboxylic acids is 1. The number of phenols is 3. The Morgan fingerprint density at radius 1 is 0.653 bits per heavy atom. The van der Waals surface area contributed by atoms with E-state index in [0.29, 0.717) is 0 Å². The molecule has 2 fully saturated rings. The molecule has 7 aliphatic heterocycles. The van der Waals surface area contributed by atoms with Crippen molar-refractivity contribution in [3.63, 3.8) is 0 Å². The quantitative estimate of drug-likeness (QED) is 0.0517. The lowest BCUT2D eigenvalue weighted by atomic mass is 9.85. The number of likely N-dealkylation sites (N-methyl/N-ethyl adjacent to an activating group) is 1. The van der Waals surface area contributed by atoms with E-state index in [1.807, 2.05) is 62.4 Å². The van der Waals surface area contributed by atoms with E-state index in [0.717, 1.165) is 89.0 Å². The highest BCUT2D eigenvalue weighted by Crippen LogP contribution is 2.51. The van der Waals surface area contributed by atoms with Gasteiger partial charge in [-0.15, -0.1) is 0 Å². The Hall–Kier alpha value is -11.5. The van der Waals surface area contributed by atoms with Gasteiger partial charge in [-0.25, -0.2) is 9.59 Å². The Bertz CT molecular complexity index is 5140. The molecule has 36 nitrogen and oxygen atoms in total. The maximum Gasteiger partial charge on any atom is 0.407 e. The van der Waals surface area contributed by atoms with Crippen molar-refractivity contribution >= 4 is 76.6 Å². The summed E-state index contributed by atoms with van der Waals surface area (Å²) in [6, 6.07) is 14.8. The fraction of sp³-hybridized carbons (Fsp3) is 0.386. The number of amides is 8. The van der Waals surface area contributed by atoms with Crippen LogP contribution in [0.2, 0.25) is 10.0 Å². The lowest BCUT2D eigenvalue weighted by Crippen LogP contribution is -2.66. The number of hydrogen-bond donors (Lipinski definition) is 20. The van der Waals surface area contributed by atoms with Crippen LogP contribution in [-0.4, -0.2) is 217 Å². The standard InChI is InChI=1S/C83H90Cl2N10O26/c1-34(2)22-50(87-5)74(106)94-65-67(101)37-15-18-54(48(84)24-37)117-56-26-39-27-57(71(56)121-81-72(70(104)69(103)58(32-96)119-81)120-60-31-83(4,73(105)35(3)116-60)89-21-20-88-82(114)115-33-47-43-12-8-6-10-41(43)42-11-7-9-13-44(42)47)118-55-19-16-38(25-49(55)85)68(102)66-79(111)93-64(80(112)113)46-28-40(97)29-53(99)61(46)45-23-36(14-17-52(45)98)62(76(108)95-66)92-77(109)63(39)91-75(107)51(30-59(86)100)90-78(65)110/h6-19,23-29,34-35,47,50-51,58,60,62-70,72-73,81,87,89,96-99,101-105H,20-22,30-33H2,1-5H3,(H2,86,100)(H,88,114)(H,90,110)(H,91,107)(H,92,109)(H,93,111)(H,94,106)(H,95,108)(H,112,113)/t35-,50+,51-,58+,60-,62+,63+,64-,65+,66-,67+,68+,69+,70-,72+,73+,81-,83-/m0/s1. The first-order chi connectivity index (χ1) is 57.6. The fourth-order valence-corrected chi connectivity index (χ4v) is 16.3. The van der Waals surface area contributed by atoms with E-state index in [-0.39, 0.29) is 71.8 Å². The molecular formula is C83H90Cl2N10O26. The number of benzene rings is 7. The van der Waals surface area contributed by atoms with Crippen molar-refractivity contribution < 1.29 is 127 Å². The molecule has 38 heteroatoms. The number of hydrogen-bond acceptors (Lipinski definition) is 27. The second kappa shape index (κ2) is 36.4. The highest BCUT2D eigenvalue weighted by atomic mass is 35.5. The lowest BCUT2D eigenvalue weighted by molar-refractivity contribution is -0.334. The Morgan fingerprint density at radius 3 is 1.88 bits per heavy atom. The molecule has 8 aliphatic rings. The molecule has 0 radical (unpaired) electrons. The van der Waals surface area contributed by atoms with Gasteiger partial charge in [-0.3, -0.25) is 33.6 Å². The normalized spacial score (nSPS) is 26.8. The Labute approximate surface area is 700 Å². The number of aliphatic carboxylic acids is 1. The molecule has 18 atom stereocenters. The Kier molecular flexibility index (Phi) is 26.3. The highest BCUT2D eigenvalue weighted by molar-refractivity contribution is 6.32. The first-order valence-corrected chi connectivity index (χ1v) is 39.4. The van der Waals surface area contributed by atoms with Crippen molar-refractivity contribution in [1.82, 2.24) is 47.9 Å². The van der Waals surface area contributed by atoms with E-state index in [1.54, 1.807) is 6.92 Å². The summed E-state index contributed by atoms with van der Waals surface area (Å²) in [5, 5.41) is 139. The van der Waals surface area contributed by atoms with Gasteiger partial charge in [0, 0.05) is 53.7 Å². The van der Waals surface area contributed by atoms with Crippen LogP contribution in [0.1, 0.15) is 122 Å². The van der Waals surface area contributed by atoms with Gasteiger partial charge in [0.2, 0.25) is 53.4 Å². The average molecular weight is 1710 g/mol. The topological polar surface area (TPSA) is 555 Å². The molecule has 15 rings (SSSR count). The number of carbonyl (C=O) groups excluding carboxylic acids is 8. The van der Waals surface area contributed by atoms with Gasteiger partial charge < -0.3 is 138 Å². The van der Waals surface area contributed by atoms with E-state index in [1.165, 1.54) is 26.1 Å². The number of ether oxygens (including phenoxy) is 7. The van der Waals surface area contributed by atoms with Crippen LogP contribution in [-0.2, 0) is 57.3 Å². The van der Waals surface area contributed by atoms with Gasteiger partial charge in [0.25, 0.3) is 0 Å². The first kappa shape index (κ1) is 87.3. The van der Waals surface area contributed by atoms with Crippen LogP contribution in [0.25, 0.3) is 22.3 Å². The van der Waals surface area contributed by atoms with E-state index < -0.39 is 243 Å². The van der Waals surface area contributed by atoms with Crippen molar-refractivity contribution in [1.29, 1.82) is 0 Å². The summed E-state index contributed by atoms with van der Waals surface area (Å²) in [5.74, 6) is -16.5. The zero-order valence-electron chi connectivity index (χ0n) is 65.4. The van der Waals surface area contributed by atoms with Gasteiger partial charge >= 0.3 is 12.1 Å². The van der Waals surface area contributed by atoms with Crippen molar-refractivity contribution in [2.24, 2.45) is 11.7 Å². The Balaban J connectivity index is 0.928.